The maximum absolute atomic E-state index is 11.9. The number of benzene rings is 1. The van der Waals surface area contributed by atoms with Crippen LogP contribution in [0.5, 0.6) is 5.75 Å². The zero-order valence-corrected chi connectivity index (χ0v) is 10.1. The van der Waals surface area contributed by atoms with E-state index in [2.05, 4.69) is 5.32 Å². The van der Waals surface area contributed by atoms with Crippen molar-refractivity contribution in [3.8, 4) is 5.75 Å². The monoisotopic (exact) mass is 266 g/mol. The van der Waals surface area contributed by atoms with Gasteiger partial charge < -0.3 is 25.2 Å². The first-order valence-corrected chi connectivity index (χ1v) is 5.78. The van der Waals surface area contributed by atoms with Crippen molar-refractivity contribution in [2.75, 3.05) is 31.6 Å². The van der Waals surface area contributed by atoms with Gasteiger partial charge in [0.2, 0.25) is 0 Å². The van der Waals surface area contributed by atoms with Crippen molar-refractivity contribution in [3.63, 3.8) is 0 Å². The second kappa shape index (κ2) is 5.57. The number of nitrogens with one attached hydrogen (secondary N) is 1. The van der Waals surface area contributed by atoms with E-state index in [4.69, 9.17) is 9.84 Å². The van der Waals surface area contributed by atoms with Crippen LogP contribution in [0.25, 0.3) is 0 Å². The highest BCUT2D eigenvalue weighted by atomic mass is 16.5. The summed E-state index contributed by atoms with van der Waals surface area (Å²) in [5.41, 5.74) is 0.0754. The molecule has 0 radical (unpaired) electrons. The predicted molar refractivity (Wildman–Crippen MR) is 66.5 cm³/mol. The smallest absolute Gasteiger partial charge is 0.339 e. The zero-order valence-electron chi connectivity index (χ0n) is 10.1. The van der Waals surface area contributed by atoms with Crippen LogP contribution in [-0.2, 0) is 4.74 Å². The minimum absolute atomic E-state index is 0.250. The van der Waals surface area contributed by atoms with Crippen molar-refractivity contribution in [2.45, 2.75) is 0 Å². The molecule has 0 unspecified atom stereocenters. The Bertz CT molecular complexity index is 497. The van der Waals surface area contributed by atoms with Crippen molar-refractivity contribution in [3.05, 3.63) is 23.8 Å². The lowest BCUT2D eigenvalue weighted by Crippen LogP contribution is -2.43. The van der Waals surface area contributed by atoms with Crippen molar-refractivity contribution >= 4 is 17.7 Å². The number of urea groups is 1. The molecule has 7 nitrogen and oxygen atoms in total. The number of phenols is 1. The molecular formula is C12H14N2O5. The Morgan fingerprint density at radius 2 is 1.95 bits per heavy atom. The Morgan fingerprint density at radius 3 is 2.58 bits per heavy atom. The van der Waals surface area contributed by atoms with E-state index in [0.29, 0.717) is 32.0 Å². The number of ether oxygens (including phenoxy) is 1. The summed E-state index contributed by atoms with van der Waals surface area (Å²) in [7, 11) is 0. The van der Waals surface area contributed by atoms with Gasteiger partial charge in [-0.3, -0.25) is 0 Å². The van der Waals surface area contributed by atoms with E-state index in [1.165, 1.54) is 18.2 Å². The second-order valence-electron chi connectivity index (χ2n) is 4.07. The quantitative estimate of drug-likeness (QED) is 0.692. The molecule has 0 spiro atoms. The largest absolute Gasteiger partial charge is 0.507 e. The fourth-order valence-corrected chi connectivity index (χ4v) is 1.75. The average molecular weight is 266 g/mol. The molecule has 0 aromatic heterocycles. The average Bonchev–Trinajstić information content (AvgIpc) is 2.41. The molecular weight excluding hydrogens is 252 g/mol. The van der Waals surface area contributed by atoms with Crippen LogP contribution >= 0.6 is 0 Å². The highest BCUT2D eigenvalue weighted by molar-refractivity contribution is 5.95. The number of carboxylic acids is 1. The summed E-state index contributed by atoms with van der Waals surface area (Å²) in [5, 5.41) is 20.8. The fraction of sp³-hybridized carbons (Fsp3) is 0.333. The molecule has 1 heterocycles. The molecule has 0 bridgehead atoms. The Labute approximate surface area is 109 Å². The number of hydrogen-bond acceptors (Lipinski definition) is 4. The SMILES string of the molecule is O=C(O)c1cc(NC(=O)N2CCOCC2)ccc1O. The van der Waals surface area contributed by atoms with Crippen LogP contribution in [-0.4, -0.2) is 53.4 Å². The molecule has 19 heavy (non-hydrogen) atoms. The molecule has 1 aliphatic rings. The minimum atomic E-state index is -1.25. The van der Waals surface area contributed by atoms with E-state index in [-0.39, 0.29) is 17.3 Å². The molecule has 2 rings (SSSR count). The topological polar surface area (TPSA) is 99.1 Å². The van der Waals surface area contributed by atoms with Gasteiger partial charge in [0.25, 0.3) is 0 Å². The lowest BCUT2D eigenvalue weighted by molar-refractivity contribution is 0.0564. The maximum Gasteiger partial charge on any atom is 0.339 e. The van der Waals surface area contributed by atoms with Crippen LogP contribution < -0.4 is 5.32 Å². The van der Waals surface area contributed by atoms with Crippen molar-refractivity contribution < 1.29 is 24.5 Å². The molecule has 1 aliphatic heterocycles. The maximum atomic E-state index is 11.9. The van der Waals surface area contributed by atoms with Gasteiger partial charge in [0.1, 0.15) is 11.3 Å². The second-order valence-corrected chi connectivity index (χ2v) is 4.07. The molecule has 0 atom stereocenters. The minimum Gasteiger partial charge on any atom is -0.507 e. The summed E-state index contributed by atoms with van der Waals surface area (Å²) in [6.45, 7) is 1.97. The number of aromatic hydroxyl groups is 1. The van der Waals surface area contributed by atoms with E-state index in [1.54, 1.807) is 4.90 Å². The summed E-state index contributed by atoms with van der Waals surface area (Å²) in [4.78, 5) is 24.3. The van der Waals surface area contributed by atoms with E-state index in [0.717, 1.165) is 0 Å². The number of carboxylic acid groups (broad SMARTS) is 1. The third kappa shape index (κ3) is 3.14. The van der Waals surface area contributed by atoms with Crippen LogP contribution in [0.2, 0.25) is 0 Å². The molecule has 1 aromatic carbocycles. The van der Waals surface area contributed by atoms with Crippen molar-refractivity contribution in [1.82, 2.24) is 4.90 Å². The van der Waals surface area contributed by atoms with Crippen LogP contribution in [0.4, 0.5) is 10.5 Å². The van der Waals surface area contributed by atoms with Crippen LogP contribution in [0.15, 0.2) is 18.2 Å². The molecule has 1 saturated heterocycles. The molecule has 7 heteroatoms. The molecule has 1 fully saturated rings. The van der Waals surface area contributed by atoms with Gasteiger partial charge in [0.05, 0.1) is 13.2 Å². The van der Waals surface area contributed by atoms with Gasteiger partial charge in [-0.05, 0) is 18.2 Å². The van der Waals surface area contributed by atoms with Gasteiger partial charge in [0.15, 0.2) is 0 Å². The van der Waals surface area contributed by atoms with Crippen LogP contribution in [0.3, 0.4) is 0 Å². The summed E-state index contributed by atoms with van der Waals surface area (Å²) in [6.07, 6.45) is 0. The third-order valence-corrected chi connectivity index (χ3v) is 2.78. The van der Waals surface area contributed by atoms with Gasteiger partial charge in [-0.15, -0.1) is 0 Å². The number of morpholine rings is 1. The van der Waals surface area contributed by atoms with Gasteiger partial charge in [-0.1, -0.05) is 0 Å². The summed E-state index contributed by atoms with van der Waals surface area (Å²) in [5.74, 6) is -1.59. The number of amides is 2. The standard InChI is InChI=1S/C12H14N2O5/c15-10-2-1-8(7-9(10)11(16)17)13-12(18)14-3-5-19-6-4-14/h1-2,7,15H,3-6H2,(H,13,18)(H,16,17). The first-order chi connectivity index (χ1) is 9.08. The molecule has 2 amide bonds. The Balaban J connectivity index is 2.08. The van der Waals surface area contributed by atoms with E-state index >= 15 is 0 Å². The normalized spacial score (nSPS) is 15.1. The van der Waals surface area contributed by atoms with E-state index in [1.807, 2.05) is 0 Å². The van der Waals surface area contributed by atoms with Gasteiger partial charge in [0, 0.05) is 18.8 Å². The summed E-state index contributed by atoms with van der Waals surface area (Å²) < 4.78 is 5.13. The van der Waals surface area contributed by atoms with E-state index < -0.39 is 5.97 Å². The number of carbonyl (C=O) groups is 2. The van der Waals surface area contributed by atoms with Crippen LogP contribution in [0.1, 0.15) is 10.4 Å². The Kier molecular flexibility index (Phi) is 3.86. The zero-order chi connectivity index (χ0) is 13.8. The van der Waals surface area contributed by atoms with Gasteiger partial charge in [-0.25, -0.2) is 9.59 Å². The highest BCUT2D eigenvalue weighted by Gasteiger charge is 2.17. The fourth-order valence-electron chi connectivity index (χ4n) is 1.75. The first-order valence-electron chi connectivity index (χ1n) is 5.78. The number of nitrogens with zero attached hydrogens (tertiary/aromatic N) is 1. The summed E-state index contributed by atoms with van der Waals surface area (Å²) in [6, 6.07) is 3.58. The summed E-state index contributed by atoms with van der Waals surface area (Å²) >= 11 is 0. The predicted octanol–water partition coefficient (Wildman–Crippen LogP) is 0.954. The highest BCUT2D eigenvalue weighted by Crippen LogP contribution is 2.21. The number of aromatic carboxylic acids is 1. The Morgan fingerprint density at radius 1 is 1.26 bits per heavy atom. The molecule has 0 aliphatic carbocycles. The third-order valence-electron chi connectivity index (χ3n) is 2.78. The Hall–Kier alpha value is -2.28. The van der Waals surface area contributed by atoms with Gasteiger partial charge >= 0.3 is 12.0 Å². The molecule has 3 N–H and O–H groups in total. The lowest BCUT2D eigenvalue weighted by Gasteiger charge is -2.26. The lowest BCUT2D eigenvalue weighted by atomic mass is 10.2. The van der Waals surface area contributed by atoms with E-state index in [9.17, 15) is 14.7 Å². The van der Waals surface area contributed by atoms with Crippen LogP contribution in [0, 0.1) is 0 Å². The number of carbonyl (C=O) groups excluding carboxylic acids is 1. The number of anilines is 1. The first kappa shape index (κ1) is 13.2. The van der Waals surface area contributed by atoms with Gasteiger partial charge in [-0.2, -0.15) is 0 Å². The number of hydrogen-bond donors (Lipinski definition) is 3. The number of rotatable bonds is 2. The van der Waals surface area contributed by atoms with Crippen molar-refractivity contribution in [1.29, 1.82) is 0 Å². The molecule has 102 valence electrons. The molecule has 0 saturated carbocycles. The van der Waals surface area contributed by atoms with Crippen molar-refractivity contribution in [2.24, 2.45) is 0 Å². The molecule has 1 aromatic rings.